The van der Waals surface area contributed by atoms with Crippen LogP contribution in [0.5, 0.6) is 5.75 Å². The molecule has 6 heteroatoms. The molecule has 0 radical (unpaired) electrons. The van der Waals surface area contributed by atoms with Gasteiger partial charge in [0.05, 0.1) is 10.6 Å². The molecule has 0 amide bonds. The maximum atomic E-state index is 12.0. The van der Waals surface area contributed by atoms with E-state index in [9.17, 15) is 13.2 Å². The summed E-state index contributed by atoms with van der Waals surface area (Å²) in [6.07, 6.45) is 0. The molecule has 0 fully saturated rings. The Bertz CT molecular complexity index is 857. The van der Waals surface area contributed by atoms with Gasteiger partial charge in [0.15, 0.2) is 9.84 Å². The zero-order valence-corrected chi connectivity index (χ0v) is 14.7. The van der Waals surface area contributed by atoms with Crippen molar-refractivity contribution in [2.45, 2.75) is 25.7 Å². The average Bonchev–Trinajstić information content (AvgIpc) is 2.48. The van der Waals surface area contributed by atoms with Crippen molar-refractivity contribution in [2.24, 2.45) is 0 Å². The smallest absolute Gasteiger partial charge is 0.308 e. The van der Waals surface area contributed by atoms with Gasteiger partial charge in [-0.1, -0.05) is 24.6 Å². The summed E-state index contributed by atoms with van der Waals surface area (Å²) in [5, 5.41) is 0.501. The molecule has 0 saturated heterocycles. The number of rotatable bonds is 4. The van der Waals surface area contributed by atoms with Gasteiger partial charge in [-0.3, -0.25) is 4.79 Å². The van der Waals surface area contributed by atoms with Gasteiger partial charge in [-0.25, -0.2) is 8.42 Å². The van der Waals surface area contributed by atoms with Crippen molar-refractivity contribution in [3.8, 4) is 16.9 Å². The topological polar surface area (TPSA) is 60.4 Å². The number of halogens is 1. The fourth-order valence-electron chi connectivity index (χ4n) is 2.26. The van der Waals surface area contributed by atoms with Gasteiger partial charge in [0.1, 0.15) is 5.75 Å². The lowest BCUT2D eigenvalue weighted by molar-refractivity contribution is -0.131. The highest BCUT2D eigenvalue weighted by Gasteiger charge is 2.16. The van der Waals surface area contributed by atoms with Crippen LogP contribution >= 0.6 is 11.6 Å². The predicted octanol–water partition coefficient (Wildman–Crippen LogP) is 4.03. The lowest BCUT2D eigenvalue weighted by atomic mass is 10.00. The molecule has 122 valence electrons. The van der Waals surface area contributed by atoms with E-state index in [1.54, 1.807) is 43.3 Å². The Balaban J connectivity index is 2.59. The van der Waals surface area contributed by atoms with Crippen molar-refractivity contribution in [2.75, 3.05) is 5.75 Å². The van der Waals surface area contributed by atoms with Crippen LogP contribution in [0.2, 0.25) is 5.02 Å². The second kappa shape index (κ2) is 6.72. The van der Waals surface area contributed by atoms with Crippen molar-refractivity contribution >= 4 is 27.4 Å². The van der Waals surface area contributed by atoms with E-state index in [-0.39, 0.29) is 10.6 Å². The van der Waals surface area contributed by atoms with Gasteiger partial charge in [0.25, 0.3) is 0 Å². The summed E-state index contributed by atoms with van der Waals surface area (Å²) in [6.45, 7) is 4.74. The van der Waals surface area contributed by atoms with E-state index in [0.717, 1.165) is 11.1 Å². The molecule has 23 heavy (non-hydrogen) atoms. The summed E-state index contributed by atoms with van der Waals surface area (Å²) < 4.78 is 29.2. The normalized spacial score (nSPS) is 11.3. The number of hydrogen-bond acceptors (Lipinski definition) is 4. The number of carbonyl (C=O) groups is 1. The molecule has 0 saturated carbocycles. The van der Waals surface area contributed by atoms with Gasteiger partial charge in [-0.15, -0.1) is 0 Å². The van der Waals surface area contributed by atoms with Crippen LogP contribution in [0.4, 0.5) is 0 Å². The third-order valence-corrected chi connectivity index (χ3v) is 5.39. The minimum Gasteiger partial charge on any atom is -0.426 e. The summed E-state index contributed by atoms with van der Waals surface area (Å²) in [5.74, 6) is -0.00530. The first-order valence-corrected chi connectivity index (χ1v) is 9.09. The van der Waals surface area contributed by atoms with Gasteiger partial charge in [-0.05, 0) is 48.4 Å². The first-order chi connectivity index (χ1) is 10.7. The summed E-state index contributed by atoms with van der Waals surface area (Å²) in [4.78, 5) is 11.5. The Hall–Kier alpha value is -1.85. The van der Waals surface area contributed by atoms with Crippen molar-refractivity contribution < 1.29 is 17.9 Å². The number of hydrogen-bond donors (Lipinski definition) is 0. The minimum absolute atomic E-state index is 0.0433. The first-order valence-electron chi connectivity index (χ1n) is 7.06. The van der Waals surface area contributed by atoms with Gasteiger partial charge in [0.2, 0.25) is 0 Å². The summed E-state index contributed by atoms with van der Waals surface area (Å²) >= 11 is 6.05. The van der Waals surface area contributed by atoms with E-state index in [2.05, 4.69) is 0 Å². The summed E-state index contributed by atoms with van der Waals surface area (Å²) in [7, 11) is -3.27. The first kappa shape index (κ1) is 17.5. The van der Waals surface area contributed by atoms with E-state index in [1.165, 1.54) is 6.92 Å². The Kier molecular flexibility index (Phi) is 5.12. The van der Waals surface area contributed by atoms with Crippen molar-refractivity contribution in [1.29, 1.82) is 0 Å². The molecule has 4 nitrogen and oxygen atoms in total. The maximum absolute atomic E-state index is 12.0. The molecule has 0 aliphatic carbocycles. The lowest BCUT2D eigenvalue weighted by Gasteiger charge is -2.13. The maximum Gasteiger partial charge on any atom is 0.308 e. The van der Waals surface area contributed by atoms with Crippen LogP contribution in [0.15, 0.2) is 41.3 Å². The number of benzene rings is 2. The van der Waals surface area contributed by atoms with Gasteiger partial charge in [0, 0.05) is 17.5 Å². The number of sulfone groups is 1. The molecule has 0 aliphatic rings. The highest BCUT2D eigenvalue weighted by atomic mass is 35.5. The molecule has 0 heterocycles. The fraction of sp³-hybridized carbons (Fsp3) is 0.235. The quantitative estimate of drug-likeness (QED) is 0.615. The zero-order valence-electron chi connectivity index (χ0n) is 13.1. The second-order valence-electron chi connectivity index (χ2n) is 5.11. The predicted molar refractivity (Wildman–Crippen MR) is 90.7 cm³/mol. The van der Waals surface area contributed by atoms with Crippen molar-refractivity contribution in [3.05, 3.63) is 47.0 Å². The molecule has 0 aliphatic heterocycles. The minimum atomic E-state index is -3.27. The summed E-state index contributed by atoms with van der Waals surface area (Å²) in [6, 6.07) is 9.82. The standard InChI is InChI=1S/C17H17ClO4S/c1-4-23(20,21)14-6-7-15(11(2)9-14)16-10-13(18)5-8-17(16)22-12(3)19/h5-10H,4H2,1-3H3. The molecule has 2 rings (SSSR count). The SMILES string of the molecule is CCS(=O)(=O)c1ccc(-c2cc(Cl)ccc2OC(C)=O)c(C)c1. The Morgan fingerprint density at radius 2 is 1.83 bits per heavy atom. The highest BCUT2D eigenvalue weighted by Crippen LogP contribution is 2.35. The number of ether oxygens (including phenoxy) is 1. The zero-order chi connectivity index (χ0) is 17.2. The van der Waals surface area contributed by atoms with Gasteiger partial charge in [-0.2, -0.15) is 0 Å². The average molecular weight is 353 g/mol. The monoisotopic (exact) mass is 352 g/mol. The van der Waals surface area contributed by atoms with Crippen LogP contribution < -0.4 is 4.74 Å². The third kappa shape index (κ3) is 3.92. The van der Waals surface area contributed by atoms with E-state index < -0.39 is 15.8 Å². The molecule has 2 aromatic rings. The van der Waals surface area contributed by atoms with Crippen LogP contribution in [0, 0.1) is 6.92 Å². The van der Waals surface area contributed by atoms with E-state index in [0.29, 0.717) is 16.3 Å². The van der Waals surface area contributed by atoms with Crippen LogP contribution in [-0.2, 0) is 14.6 Å². The Labute approximate surface area is 141 Å². The van der Waals surface area contributed by atoms with E-state index in [1.807, 2.05) is 6.92 Å². The highest BCUT2D eigenvalue weighted by molar-refractivity contribution is 7.91. The van der Waals surface area contributed by atoms with E-state index in [4.69, 9.17) is 16.3 Å². The number of carbonyl (C=O) groups excluding carboxylic acids is 1. The van der Waals surface area contributed by atoms with Gasteiger partial charge < -0.3 is 4.74 Å². The van der Waals surface area contributed by atoms with Crippen LogP contribution in [0.3, 0.4) is 0 Å². The van der Waals surface area contributed by atoms with Gasteiger partial charge >= 0.3 is 5.97 Å². The molecule has 0 spiro atoms. The molecule has 0 aromatic heterocycles. The molecule has 0 unspecified atom stereocenters. The largest absolute Gasteiger partial charge is 0.426 e. The molecule has 0 N–H and O–H groups in total. The van der Waals surface area contributed by atoms with Crippen LogP contribution in [-0.4, -0.2) is 20.1 Å². The molecule has 0 atom stereocenters. The van der Waals surface area contributed by atoms with Crippen LogP contribution in [0.25, 0.3) is 11.1 Å². The van der Waals surface area contributed by atoms with E-state index >= 15 is 0 Å². The summed E-state index contributed by atoms with van der Waals surface area (Å²) in [5.41, 5.74) is 2.17. The molecular formula is C17H17ClO4S. The Morgan fingerprint density at radius 1 is 1.13 bits per heavy atom. The Morgan fingerprint density at radius 3 is 2.39 bits per heavy atom. The molecule has 0 bridgehead atoms. The molecular weight excluding hydrogens is 336 g/mol. The number of aryl methyl sites for hydroxylation is 1. The number of esters is 1. The lowest BCUT2D eigenvalue weighted by Crippen LogP contribution is -2.05. The van der Waals surface area contributed by atoms with Crippen molar-refractivity contribution in [1.82, 2.24) is 0 Å². The fourth-order valence-corrected chi connectivity index (χ4v) is 3.39. The van der Waals surface area contributed by atoms with Crippen molar-refractivity contribution in [3.63, 3.8) is 0 Å². The third-order valence-electron chi connectivity index (χ3n) is 3.42. The molecule has 2 aromatic carbocycles. The van der Waals surface area contributed by atoms with Crippen LogP contribution in [0.1, 0.15) is 19.4 Å². The second-order valence-corrected chi connectivity index (χ2v) is 7.83.